The molecule has 0 saturated heterocycles. The van der Waals surface area contributed by atoms with Gasteiger partial charge in [-0.2, -0.15) is 0 Å². The van der Waals surface area contributed by atoms with Crippen molar-refractivity contribution in [2.45, 2.75) is 51.8 Å². The smallest absolute Gasteiger partial charge is 0.0941 e. The Labute approximate surface area is 120 Å². The van der Waals surface area contributed by atoms with Gasteiger partial charge in [-0.15, -0.1) is 22.9 Å². The van der Waals surface area contributed by atoms with Gasteiger partial charge in [-0.1, -0.05) is 26.7 Å². The molecule has 0 aliphatic carbocycles. The molecule has 2 nitrogen and oxygen atoms in total. The summed E-state index contributed by atoms with van der Waals surface area (Å²) in [6, 6.07) is 0. The van der Waals surface area contributed by atoms with E-state index in [-0.39, 0.29) is 0 Å². The predicted octanol–water partition coefficient (Wildman–Crippen LogP) is 4.33. The molecule has 0 spiro atoms. The molecule has 0 atom stereocenters. The molecule has 1 rings (SSSR count). The number of thiazole rings is 1. The SMILES string of the molecule is CCCCN(CCCC)CCc1nc(CCl)cs1. The van der Waals surface area contributed by atoms with E-state index in [1.807, 2.05) is 0 Å². The fourth-order valence-electron chi connectivity index (χ4n) is 1.88. The van der Waals surface area contributed by atoms with Crippen LogP contribution in [0.25, 0.3) is 0 Å². The average molecular weight is 289 g/mol. The number of hydrogen-bond acceptors (Lipinski definition) is 3. The van der Waals surface area contributed by atoms with Gasteiger partial charge in [-0.25, -0.2) is 4.98 Å². The molecular formula is C14H25ClN2S. The molecule has 0 bridgehead atoms. The Balaban J connectivity index is 2.34. The molecule has 4 heteroatoms. The Hall–Kier alpha value is -0.120. The molecule has 1 heterocycles. The van der Waals surface area contributed by atoms with Crippen LogP contribution in [0.1, 0.15) is 50.2 Å². The molecule has 0 aliphatic heterocycles. The minimum absolute atomic E-state index is 0.534. The predicted molar refractivity (Wildman–Crippen MR) is 81.6 cm³/mol. The van der Waals surface area contributed by atoms with Gasteiger partial charge in [0.1, 0.15) is 0 Å². The molecule has 0 aromatic carbocycles. The van der Waals surface area contributed by atoms with Crippen molar-refractivity contribution in [1.82, 2.24) is 9.88 Å². The van der Waals surface area contributed by atoms with Crippen LogP contribution in [-0.2, 0) is 12.3 Å². The summed E-state index contributed by atoms with van der Waals surface area (Å²) in [5.41, 5.74) is 1.02. The van der Waals surface area contributed by atoms with Crippen LogP contribution >= 0.6 is 22.9 Å². The first kappa shape index (κ1) is 15.9. The fraction of sp³-hybridized carbons (Fsp3) is 0.786. The number of unbranched alkanes of at least 4 members (excludes halogenated alkanes) is 2. The lowest BCUT2D eigenvalue weighted by Gasteiger charge is -2.21. The quantitative estimate of drug-likeness (QED) is 0.596. The largest absolute Gasteiger partial charge is 0.303 e. The fourth-order valence-corrected chi connectivity index (χ4v) is 2.89. The number of hydrogen-bond donors (Lipinski definition) is 0. The van der Waals surface area contributed by atoms with Gasteiger partial charge in [-0.05, 0) is 25.9 Å². The van der Waals surface area contributed by atoms with E-state index in [9.17, 15) is 0 Å². The molecule has 0 unspecified atom stereocenters. The molecule has 18 heavy (non-hydrogen) atoms. The number of rotatable bonds is 10. The van der Waals surface area contributed by atoms with Crippen LogP contribution < -0.4 is 0 Å². The number of nitrogens with zero attached hydrogens (tertiary/aromatic N) is 2. The maximum atomic E-state index is 5.77. The first-order chi connectivity index (χ1) is 8.80. The average Bonchev–Trinajstić information content (AvgIpc) is 2.86. The summed E-state index contributed by atoms with van der Waals surface area (Å²) in [5, 5.41) is 3.30. The zero-order chi connectivity index (χ0) is 13.2. The van der Waals surface area contributed by atoms with Crippen LogP contribution in [0.5, 0.6) is 0 Å². The highest BCUT2D eigenvalue weighted by atomic mass is 35.5. The van der Waals surface area contributed by atoms with Crippen molar-refractivity contribution in [2.24, 2.45) is 0 Å². The van der Waals surface area contributed by atoms with Crippen LogP contribution in [0.3, 0.4) is 0 Å². The van der Waals surface area contributed by atoms with E-state index in [4.69, 9.17) is 11.6 Å². The molecule has 0 radical (unpaired) electrons. The zero-order valence-electron chi connectivity index (χ0n) is 11.6. The molecule has 0 amide bonds. The summed E-state index contributed by atoms with van der Waals surface area (Å²) in [7, 11) is 0. The summed E-state index contributed by atoms with van der Waals surface area (Å²) in [6.07, 6.45) is 6.21. The third-order valence-electron chi connectivity index (χ3n) is 3.03. The van der Waals surface area contributed by atoms with Gasteiger partial charge in [0.15, 0.2) is 0 Å². The zero-order valence-corrected chi connectivity index (χ0v) is 13.2. The van der Waals surface area contributed by atoms with Crippen molar-refractivity contribution in [3.05, 3.63) is 16.1 Å². The second-order valence-corrected chi connectivity index (χ2v) is 5.87. The van der Waals surface area contributed by atoms with Crippen molar-refractivity contribution in [2.75, 3.05) is 19.6 Å². The van der Waals surface area contributed by atoms with Crippen LogP contribution in [-0.4, -0.2) is 29.5 Å². The molecule has 104 valence electrons. The van der Waals surface area contributed by atoms with E-state index < -0.39 is 0 Å². The van der Waals surface area contributed by atoms with Crippen molar-refractivity contribution in [3.8, 4) is 0 Å². The van der Waals surface area contributed by atoms with Gasteiger partial charge in [0.2, 0.25) is 0 Å². The van der Waals surface area contributed by atoms with E-state index in [1.165, 1.54) is 43.8 Å². The van der Waals surface area contributed by atoms with Crippen LogP contribution in [0.4, 0.5) is 0 Å². The third kappa shape index (κ3) is 6.17. The van der Waals surface area contributed by atoms with E-state index in [0.717, 1.165) is 18.7 Å². The van der Waals surface area contributed by atoms with Gasteiger partial charge in [0, 0.05) is 18.3 Å². The summed E-state index contributed by atoms with van der Waals surface area (Å²) >= 11 is 7.52. The first-order valence-corrected chi connectivity index (χ1v) is 8.43. The standard InChI is InChI=1S/C14H25ClN2S/c1-3-5-8-17(9-6-4-2)10-7-14-16-13(11-15)12-18-14/h12H,3-11H2,1-2H3. The van der Waals surface area contributed by atoms with Crippen molar-refractivity contribution in [1.29, 1.82) is 0 Å². The Morgan fingerprint density at radius 3 is 2.33 bits per heavy atom. The normalized spacial score (nSPS) is 11.3. The monoisotopic (exact) mass is 288 g/mol. The summed E-state index contributed by atoms with van der Waals surface area (Å²) in [5.74, 6) is 0.534. The Morgan fingerprint density at radius 1 is 1.17 bits per heavy atom. The Morgan fingerprint density at radius 2 is 1.83 bits per heavy atom. The maximum absolute atomic E-state index is 5.77. The molecule has 0 fully saturated rings. The summed E-state index contributed by atoms with van der Waals surface area (Å²) in [6.45, 7) is 8.10. The third-order valence-corrected chi connectivity index (χ3v) is 4.27. The first-order valence-electron chi connectivity index (χ1n) is 7.01. The summed E-state index contributed by atoms with van der Waals surface area (Å²) < 4.78 is 0. The second-order valence-electron chi connectivity index (χ2n) is 4.66. The van der Waals surface area contributed by atoms with Crippen molar-refractivity contribution >= 4 is 22.9 Å². The number of halogens is 1. The van der Waals surface area contributed by atoms with Gasteiger partial charge >= 0.3 is 0 Å². The molecule has 0 aliphatic rings. The number of alkyl halides is 1. The van der Waals surface area contributed by atoms with E-state index in [0.29, 0.717) is 5.88 Å². The lowest BCUT2D eigenvalue weighted by Crippen LogP contribution is -2.28. The van der Waals surface area contributed by atoms with Crippen LogP contribution in [0.2, 0.25) is 0 Å². The van der Waals surface area contributed by atoms with Crippen LogP contribution in [0.15, 0.2) is 5.38 Å². The van der Waals surface area contributed by atoms with Gasteiger partial charge in [0.05, 0.1) is 16.6 Å². The summed E-state index contributed by atoms with van der Waals surface area (Å²) in [4.78, 5) is 7.10. The molecular weight excluding hydrogens is 264 g/mol. The highest BCUT2D eigenvalue weighted by Gasteiger charge is 2.06. The van der Waals surface area contributed by atoms with Crippen molar-refractivity contribution < 1.29 is 0 Å². The minimum atomic E-state index is 0.534. The van der Waals surface area contributed by atoms with Gasteiger partial charge < -0.3 is 4.90 Å². The lowest BCUT2D eigenvalue weighted by atomic mass is 10.2. The Bertz CT molecular complexity index is 306. The molecule has 1 aromatic rings. The Kier molecular flexibility index (Phi) is 8.64. The highest BCUT2D eigenvalue weighted by molar-refractivity contribution is 7.09. The second kappa shape index (κ2) is 9.76. The minimum Gasteiger partial charge on any atom is -0.303 e. The van der Waals surface area contributed by atoms with E-state index in [2.05, 4.69) is 29.1 Å². The molecule has 0 N–H and O–H groups in total. The van der Waals surface area contributed by atoms with Crippen molar-refractivity contribution in [3.63, 3.8) is 0 Å². The van der Waals surface area contributed by atoms with Crippen LogP contribution in [0, 0.1) is 0 Å². The maximum Gasteiger partial charge on any atom is 0.0941 e. The molecule has 1 aromatic heterocycles. The highest BCUT2D eigenvalue weighted by Crippen LogP contribution is 2.13. The topological polar surface area (TPSA) is 16.1 Å². The lowest BCUT2D eigenvalue weighted by molar-refractivity contribution is 0.268. The van der Waals surface area contributed by atoms with Gasteiger partial charge in [-0.3, -0.25) is 0 Å². The van der Waals surface area contributed by atoms with E-state index in [1.54, 1.807) is 11.3 Å². The van der Waals surface area contributed by atoms with E-state index >= 15 is 0 Å². The molecule has 0 saturated carbocycles. The van der Waals surface area contributed by atoms with Gasteiger partial charge in [0.25, 0.3) is 0 Å². The number of aromatic nitrogens is 1.